The third-order valence-electron chi connectivity index (χ3n) is 6.88. The number of pyridine rings is 2. The molecule has 0 saturated heterocycles. The maximum Gasteiger partial charge on any atom is 0.142 e. The number of benzene rings is 1. The Labute approximate surface area is 174 Å². The van der Waals surface area contributed by atoms with Gasteiger partial charge in [0.15, 0.2) is 0 Å². The Morgan fingerprint density at radius 2 is 1.97 bits per heavy atom. The second-order valence-electron chi connectivity index (χ2n) is 8.57. The first-order chi connectivity index (χ1) is 14.0. The summed E-state index contributed by atoms with van der Waals surface area (Å²) in [5, 5.41) is 1.51. The summed E-state index contributed by atoms with van der Waals surface area (Å²) in [5.74, 6) is 0.646. The summed E-state index contributed by atoms with van der Waals surface area (Å²) in [6, 6.07) is 10.5. The second kappa shape index (κ2) is 7.17. The van der Waals surface area contributed by atoms with Crippen LogP contribution in [0.1, 0.15) is 49.3 Å². The highest BCUT2D eigenvalue weighted by Crippen LogP contribution is 2.63. The van der Waals surface area contributed by atoms with Crippen molar-refractivity contribution in [3.63, 3.8) is 0 Å². The fourth-order valence-electron chi connectivity index (χ4n) is 5.17. The maximum absolute atomic E-state index is 13.8. The number of carbonyl (C=O) groups excluding carboxylic acids is 1. The van der Waals surface area contributed by atoms with Crippen LogP contribution in [0.3, 0.4) is 0 Å². The molecule has 2 aliphatic rings. The van der Waals surface area contributed by atoms with E-state index in [0.29, 0.717) is 23.1 Å². The van der Waals surface area contributed by atoms with Gasteiger partial charge in [-0.25, -0.2) is 4.39 Å². The minimum Gasteiger partial charge on any atom is -0.299 e. The number of Topliss-reactive ketones (excluding diaryl/α,β-unsaturated/α-hetero) is 1. The maximum atomic E-state index is 13.8. The van der Waals surface area contributed by atoms with Gasteiger partial charge >= 0.3 is 0 Å². The third kappa shape index (κ3) is 3.55. The lowest BCUT2D eigenvalue weighted by Crippen LogP contribution is -2.20. The second-order valence-corrected chi connectivity index (χ2v) is 9.00. The molecule has 0 radical (unpaired) electrons. The molecule has 3 nitrogen and oxygen atoms in total. The molecule has 0 aliphatic heterocycles. The van der Waals surface area contributed by atoms with Crippen LogP contribution in [0.5, 0.6) is 0 Å². The van der Waals surface area contributed by atoms with Gasteiger partial charge < -0.3 is 0 Å². The monoisotopic (exact) mass is 408 g/mol. The minimum absolute atomic E-state index is 0.160. The molecule has 3 aromatic rings. The molecule has 5 rings (SSSR count). The summed E-state index contributed by atoms with van der Waals surface area (Å²) in [7, 11) is 0. The number of hydrogen-bond donors (Lipinski definition) is 0. The molecule has 2 aromatic heterocycles. The summed E-state index contributed by atoms with van der Waals surface area (Å²) in [5.41, 5.74) is 3.01. The molecule has 0 amide bonds. The lowest BCUT2D eigenvalue weighted by atomic mass is 9.74. The molecular formula is C24H22ClFN2O. The van der Waals surface area contributed by atoms with Crippen LogP contribution < -0.4 is 0 Å². The van der Waals surface area contributed by atoms with Crippen molar-refractivity contribution in [3.8, 4) is 0 Å². The van der Waals surface area contributed by atoms with Gasteiger partial charge in [0, 0.05) is 35.8 Å². The number of rotatable bonds is 4. The Balaban J connectivity index is 1.26. The van der Waals surface area contributed by atoms with E-state index in [1.54, 1.807) is 24.4 Å². The molecule has 2 aliphatic carbocycles. The summed E-state index contributed by atoms with van der Waals surface area (Å²) in [4.78, 5) is 21.4. The standard InChI is InChI=1S/C24H22ClFN2O/c25-16-1-3-18(28-14-16)12-23(29)21-13-24(21)8-5-15(6-9-24)19-7-10-27-22-4-2-17(26)11-20(19)22/h1-4,7,10-11,14-15,21H,5-6,8-9,12-13H2/t15?,21-,24?/m1/s1. The van der Waals surface area contributed by atoms with Crippen LogP contribution in [0.4, 0.5) is 4.39 Å². The zero-order valence-corrected chi connectivity index (χ0v) is 16.8. The zero-order chi connectivity index (χ0) is 20.0. The first kappa shape index (κ1) is 18.7. The molecule has 1 aromatic carbocycles. The average molecular weight is 409 g/mol. The number of nitrogens with zero attached hydrogens (tertiary/aromatic N) is 2. The number of fused-ring (bicyclic) bond motifs is 1. The van der Waals surface area contributed by atoms with E-state index in [2.05, 4.69) is 9.97 Å². The van der Waals surface area contributed by atoms with Gasteiger partial charge in [0.05, 0.1) is 10.5 Å². The number of ketones is 1. The number of aromatic nitrogens is 2. The van der Waals surface area contributed by atoms with Crippen LogP contribution >= 0.6 is 11.6 Å². The highest BCUT2D eigenvalue weighted by Gasteiger charge is 2.57. The quantitative estimate of drug-likeness (QED) is 0.539. The van der Waals surface area contributed by atoms with E-state index in [1.807, 2.05) is 18.3 Å². The molecule has 5 heteroatoms. The van der Waals surface area contributed by atoms with Crippen molar-refractivity contribution in [1.82, 2.24) is 9.97 Å². The Morgan fingerprint density at radius 1 is 1.14 bits per heavy atom. The topological polar surface area (TPSA) is 42.9 Å². The van der Waals surface area contributed by atoms with Crippen LogP contribution in [-0.4, -0.2) is 15.8 Å². The van der Waals surface area contributed by atoms with Crippen LogP contribution in [0, 0.1) is 17.2 Å². The Morgan fingerprint density at radius 3 is 2.72 bits per heavy atom. The SMILES string of the molecule is O=C(Cc1ccc(Cl)cn1)[C@H]1CC12CCC(c1ccnc3ccc(F)cc13)CC2. The first-order valence-corrected chi connectivity index (χ1v) is 10.6. The lowest BCUT2D eigenvalue weighted by Gasteiger charge is -2.30. The predicted molar refractivity (Wildman–Crippen MR) is 111 cm³/mol. The Bertz CT molecular complexity index is 1070. The molecule has 148 valence electrons. The molecule has 0 bridgehead atoms. The van der Waals surface area contributed by atoms with Crippen molar-refractivity contribution in [1.29, 1.82) is 0 Å². The van der Waals surface area contributed by atoms with Gasteiger partial charge in [-0.2, -0.15) is 0 Å². The van der Waals surface area contributed by atoms with Crippen molar-refractivity contribution < 1.29 is 9.18 Å². The van der Waals surface area contributed by atoms with Crippen molar-refractivity contribution in [2.24, 2.45) is 11.3 Å². The van der Waals surface area contributed by atoms with E-state index in [4.69, 9.17) is 11.6 Å². The molecule has 29 heavy (non-hydrogen) atoms. The third-order valence-corrected chi connectivity index (χ3v) is 7.10. The van der Waals surface area contributed by atoms with Gasteiger partial charge in [-0.15, -0.1) is 0 Å². The number of hydrogen-bond acceptors (Lipinski definition) is 3. The summed E-state index contributed by atoms with van der Waals surface area (Å²) in [6.07, 6.45) is 9.00. The zero-order valence-electron chi connectivity index (χ0n) is 16.1. The molecule has 2 saturated carbocycles. The molecule has 1 spiro atoms. The Hall–Kier alpha value is -2.33. The fourth-order valence-corrected chi connectivity index (χ4v) is 5.28. The first-order valence-electron chi connectivity index (χ1n) is 10.2. The van der Waals surface area contributed by atoms with E-state index < -0.39 is 0 Å². The van der Waals surface area contributed by atoms with Crippen LogP contribution in [-0.2, 0) is 11.2 Å². The van der Waals surface area contributed by atoms with E-state index in [9.17, 15) is 9.18 Å². The summed E-state index contributed by atoms with van der Waals surface area (Å²) in [6.45, 7) is 0. The number of halogens is 2. The average Bonchev–Trinajstić information content (AvgIpc) is 3.43. The van der Waals surface area contributed by atoms with Crippen molar-refractivity contribution >= 4 is 28.3 Å². The van der Waals surface area contributed by atoms with Gasteiger partial charge in [0.1, 0.15) is 11.6 Å². The van der Waals surface area contributed by atoms with E-state index in [0.717, 1.165) is 48.7 Å². The molecule has 0 N–H and O–H groups in total. The van der Waals surface area contributed by atoms with E-state index >= 15 is 0 Å². The van der Waals surface area contributed by atoms with Gasteiger partial charge in [0.25, 0.3) is 0 Å². The minimum atomic E-state index is -0.220. The normalized spacial score (nSPS) is 26.0. The molecule has 0 unspecified atom stereocenters. The van der Waals surface area contributed by atoms with E-state index in [1.165, 1.54) is 11.6 Å². The van der Waals surface area contributed by atoms with E-state index in [-0.39, 0.29) is 17.2 Å². The van der Waals surface area contributed by atoms with Crippen molar-refractivity contribution in [2.45, 2.75) is 44.4 Å². The molecule has 2 fully saturated rings. The predicted octanol–water partition coefficient (Wildman–Crippen LogP) is 5.90. The molecule has 2 heterocycles. The lowest BCUT2D eigenvalue weighted by molar-refractivity contribution is -0.120. The smallest absolute Gasteiger partial charge is 0.142 e. The highest BCUT2D eigenvalue weighted by atomic mass is 35.5. The molecular weight excluding hydrogens is 387 g/mol. The van der Waals surface area contributed by atoms with Crippen LogP contribution in [0.2, 0.25) is 5.02 Å². The fraction of sp³-hybridized carbons (Fsp3) is 0.375. The number of carbonyl (C=O) groups is 1. The van der Waals surface area contributed by atoms with Crippen LogP contribution in [0.25, 0.3) is 10.9 Å². The highest BCUT2D eigenvalue weighted by molar-refractivity contribution is 6.30. The van der Waals surface area contributed by atoms with Crippen molar-refractivity contribution in [2.75, 3.05) is 0 Å². The van der Waals surface area contributed by atoms with Gasteiger partial charge in [0.2, 0.25) is 0 Å². The van der Waals surface area contributed by atoms with Crippen molar-refractivity contribution in [3.05, 3.63) is 70.9 Å². The summed E-state index contributed by atoms with van der Waals surface area (Å²) >= 11 is 5.88. The summed E-state index contributed by atoms with van der Waals surface area (Å²) < 4.78 is 13.8. The Kier molecular flexibility index (Phi) is 4.62. The largest absolute Gasteiger partial charge is 0.299 e. The van der Waals surface area contributed by atoms with Gasteiger partial charge in [-0.1, -0.05) is 11.6 Å². The van der Waals surface area contributed by atoms with Crippen LogP contribution in [0.15, 0.2) is 48.8 Å². The van der Waals surface area contributed by atoms with Gasteiger partial charge in [-0.3, -0.25) is 14.8 Å². The molecule has 1 atom stereocenters. The van der Waals surface area contributed by atoms with Gasteiger partial charge in [-0.05, 0) is 85.4 Å².